The Morgan fingerprint density at radius 3 is 2.67 bits per heavy atom. The molecule has 0 aliphatic heterocycles. The summed E-state index contributed by atoms with van der Waals surface area (Å²) in [5, 5.41) is 13.3. The number of hydrogen-bond donors (Lipinski definition) is 2. The van der Waals surface area contributed by atoms with Gasteiger partial charge in [0.05, 0.1) is 22.5 Å². The van der Waals surface area contributed by atoms with E-state index in [1.807, 2.05) is 25.1 Å². The number of urea groups is 1. The molecule has 1 aromatic carbocycles. The fraction of sp³-hybridized carbons (Fsp3) is 0.533. The van der Waals surface area contributed by atoms with Crippen LogP contribution in [-0.2, 0) is 0 Å². The van der Waals surface area contributed by atoms with Crippen LogP contribution in [0.5, 0.6) is 0 Å². The highest BCUT2D eigenvalue weighted by Gasteiger charge is 2.31. The molecule has 1 fully saturated rings. The number of amides is 2. The minimum absolute atomic E-state index is 0.250. The molecule has 21 heavy (non-hydrogen) atoms. The summed E-state index contributed by atoms with van der Waals surface area (Å²) in [7, 11) is 5.43. The standard InChI is InChI=1S/C15H22ClN3O2/c1-18(2)14-11(16)5-4-6-12(14)17-15(21)19(3)9-13(20)10-7-8-10/h4-6,10,13,20H,7-9H2,1-3H3,(H,17,21). The Morgan fingerprint density at radius 1 is 1.43 bits per heavy atom. The Kier molecular flexibility index (Phi) is 4.96. The van der Waals surface area contributed by atoms with Gasteiger partial charge in [0.15, 0.2) is 0 Å². The van der Waals surface area contributed by atoms with Crippen molar-refractivity contribution in [2.24, 2.45) is 5.92 Å². The van der Waals surface area contributed by atoms with Crippen molar-refractivity contribution in [2.75, 3.05) is 37.9 Å². The average Bonchev–Trinajstić information content (AvgIpc) is 3.22. The van der Waals surface area contributed by atoms with Gasteiger partial charge in [-0.05, 0) is 30.9 Å². The number of aliphatic hydroxyl groups is 1. The summed E-state index contributed by atoms with van der Waals surface area (Å²) in [6.07, 6.45) is 1.67. The van der Waals surface area contributed by atoms with E-state index in [-0.39, 0.29) is 6.03 Å². The van der Waals surface area contributed by atoms with Gasteiger partial charge in [-0.3, -0.25) is 0 Å². The summed E-state index contributed by atoms with van der Waals surface area (Å²) < 4.78 is 0. The van der Waals surface area contributed by atoms with E-state index in [1.165, 1.54) is 4.90 Å². The van der Waals surface area contributed by atoms with Crippen LogP contribution in [0.1, 0.15) is 12.8 Å². The lowest BCUT2D eigenvalue weighted by Crippen LogP contribution is -2.38. The zero-order chi connectivity index (χ0) is 15.6. The molecular formula is C15H22ClN3O2. The molecule has 1 unspecified atom stereocenters. The summed E-state index contributed by atoms with van der Waals surface area (Å²) in [4.78, 5) is 15.6. The lowest BCUT2D eigenvalue weighted by Gasteiger charge is -2.24. The van der Waals surface area contributed by atoms with E-state index in [1.54, 1.807) is 19.2 Å². The van der Waals surface area contributed by atoms with Gasteiger partial charge in [-0.15, -0.1) is 0 Å². The first-order valence-electron chi connectivity index (χ1n) is 7.06. The highest BCUT2D eigenvalue weighted by molar-refractivity contribution is 6.34. The van der Waals surface area contributed by atoms with Gasteiger partial charge in [0, 0.05) is 27.7 Å². The molecule has 6 heteroatoms. The first-order valence-corrected chi connectivity index (χ1v) is 7.44. The molecule has 1 saturated carbocycles. The summed E-state index contributed by atoms with van der Waals surface area (Å²) >= 11 is 6.17. The molecule has 0 saturated heterocycles. The lowest BCUT2D eigenvalue weighted by molar-refractivity contribution is 0.117. The Morgan fingerprint density at radius 2 is 2.10 bits per heavy atom. The highest BCUT2D eigenvalue weighted by Crippen LogP contribution is 2.34. The quantitative estimate of drug-likeness (QED) is 0.879. The van der Waals surface area contributed by atoms with Gasteiger partial charge in [0.2, 0.25) is 0 Å². The lowest BCUT2D eigenvalue weighted by atomic mass is 10.2. The summed E-state index contributed by atoms with van der Waals surface area (Å²) in [5.74, 6) is 0.351. The third kappa shape index (κ3) is 4.02. The molecule has 0 aromatic heterocycles. The fourth-order valence-corrected chi connectivity index (χ4v) is 2.62. The van der Waals surface area contributed by atoms with Gasteiger partial charge < -0.3 is 20.2 Å². The van der Waals surface area contributed by atoms with Gasteiger partial charge >= 0.3 is 6.03 Å². The van der Waals surface area contributed by atoms with Crippen LogP contribution < -0.4 is 10.2 Å². The minimum atomic E-state index is -0.437. The Labute approximate surface area is 130 Å². The molecule has 2 N–H and O–H groups in total. The number of carbonyl (C=O) groups is 1. The number of carbonyl (C=O) groups excluding carboxylic acids is 1. The van der Waals surface area contributed by atoms with E-state index in [0.29, 0.717) is 23.2 Å². The second-order valence-corrected chi connectivity index (χ2v) is 6.15. The van der Waals surface area contributed by atoms with Gasteiger partial charge in [0.1, 0.15) is 0 Å². The van der Waals surface area contributed by atoms with E-state index >= 15 is 0 Å². The molecule has 0 spiro atoms. The van der Waals surface area contributed by atoms with Crippen LogP contribution in [0.15, 0.2) is 18.2 Å². The first kappa shape index (κ1) is 15.9. The predicted molar refractivity (Wildman–Crippen MR) is 86.2 cm³/mol. The third-order valence-electron chi connectivity index (χ3n) is 3.65. The molecule has 1 aliphatic rings. The van der Waals surface area contributed by atoms with Crippen LogP contribution in [0.3, 0.4) is 0 Å². The first-order chi connectivity index (χ1) is 9.90. The number of hydrogen-bond acceptors (Lipinski definition) is 3. The second-order valence-electron chi connectivity index (χ2n) is 5.75. The maximum absolute atomic E-state index is 12.2. The Balaban J connectivity index is 2.03. The van der Waals surface area contributed by atoms with Crippen molar-refractivity contribution in [1.82, 2.24) is 4.90 Å². The third-order valence-corrected chi connectivity index (χ3v) is 3.95. The van der Waals surface area contributed by atoms with Crippen molar-refractivity contribution >= 4 is 29.0 Å². The number of halogens is 1. The number of para-hydroxylation sites is 1. The van der Waals surface area contributed by atoms with Crippen molar-refractivity contribution in [2.45, 2.75) is 18.9 Å². The molecule has 1 atom stereocenters. The van der Waals surface area contributed by atoms with Crippen LogP contribution in [0, 0.1) is 5.92 Å². The number of benzene rings is 1. The average molecular weight is 312 g/mol. The maximum atomic E-state index is 12.2. The molecule has 2 rings (SSSR count). The molecule has 116 valence electrons. The molecular weight excluding hydrogens is 290 g/mol. The summed E-state index contributed by atoms with van der Waals surface area (Å²) in [6, 6.07) is 5.14. The SMILES string of the molecule is CN(CC(O)C1CC1)C(=O)Nc1cccc(Cl)c1N(C)C. The highest BCUT2D eigenvalue weighted by atomic mass is 35.5. The van der Waals surface area contributed by atoms with Crippen molar-refractivity contribution in [3.63, 3.8) is 0 Å². The molecule has 5 nitrogen and oxygen atoms in total. The summed E-state index contributed by atoms with van der Waals surface area (Å²) in [5.41, 5.74) is 1.42. The molecule has 1 aliphatic carbocycles. The van der Waals surface area contributed by atoms with E-state index in [0.717, 1.165) is 18.5 Å². The number of rotatable bonds is 5. The van der Waals surface area contributed by atoms with Gasteiger partial charge in [-0.2, -0.15) is 0 Å². The Bertz CT molecular complexity index is 518. The fourth-order valence-electron chi connectivity index (χ4n) is 2.27. The number of nitrogens with zero attached hydrogens (tertiary/aromatic N) is 2. The predicted octanol–water partition coefficient (Wildman–Crippen LogP) is 2.64. The normalized spacial score (nSPS) is 15.5. The van der Waals surface area contributed by atoms with E-state index in [2.05, 4.69) is 5.32 Å². The van der Waals surface area contributed by atoms with Crippen molar-refractivity contribution in [3.8, 4) is 0 Å². The van der Waals surface area contributed by atoms with Gasteiger partial charge in [-0.25, -0.2) is 4.79 Å². The second kappa shape index (κ2) is 6.54. The largest absolute Gasteiger partial charge is 0.391 e. The summed E-state index contributed by atoms with van der Waals surface area (Å²) in [6.45, 7) is 0.342. The number of anilines is 2. The van der Waals surface area contributed by atoms with E-state index in [9.17, 15) is 9.90 Å². The van der Waals surface area contributed by atoms with E-state index in [4.69, 9.17) is 11.6 Å². The zero-order valence-corrected chi connectivity index (χ0v) is 13.4. The Hall–Kier alpha value is -1.46. The molecule has 0 heterocycles. The smallest absolute Gasteiger partial charge is 0.321 e. The van der Waals surface area contributed by atoms with Crippen molar-refractivity contribution < 1.29 is 9.90 Å². The van der Waals surface area contributed by atoms with Crippen molar-refractivity contribution in [1.29, 1.82) is 0 Å². The minimum Gasteiger partial charge on any atom is -0.391 e. The van der Waals surface area contributed by atoms with Gasteiger partial charge in [0.25, 0.3) is 0 Å². The maximum Gasteiger partial charge on any atom is 0.321 e. The monoisotopic (exact) mass is 311 g/mol. The molecule has 1 aromatic rings. The topological polar surface area (TPSA) is 55.8 Å². The van der Waals surface area contributed by atoms with Crippen LogP contribution >= 0.6 is 11.6 Å². The van der Waals surface area contributed by atoms with Crippen LogP contribution in [0.25, 0.3) is 0 Å². The van der Waals surface area contributed by atoms with Crippen LogP contribution in [0.2, 0.25) is 5.02 Å². The van der Waals surface area contributed by atoms with E-state index < -0.39 is 6.10 Å². The molecule has 0 bridgehead atoms. The number of nitrogens with one attached hydrogen (secondary N) is 1. The zero-order valence-electron chi connectivity index (χ0n) is 12.6. The number of likely N-dealkylation sites (N-methyl/N-ethyl adjacent to an activating group) is 1. The van der Waals surface area contributed by atoms with Crippen LogP contribution in [-0.4, -0.2) is 49.8 Å². The molecule has 0 radical (unpaired) electrons. The number of aliphatic hydroxyl groups excluding tert-OH is 1. The van der Waals surface area contributed by atoms with Gasteiger partial charge in [-0.1, -0.05) is 17.7 Å². The van der Waals surface area contributed by atoms with Crippen molar-refractivity contribution in [3.05, 3.63) is 23.2 Å². The molecule has 2 amide bonds. The van der Waals surface area contributed by atoms with Crippen LogP contribution in [0.4, 0.5) is 16.2 Å².